The highest BCUT2D eigenvalue weighted by atomic mass is 79.9. The molecule has 0 aliphatic carbocycles. The molecule has 1 aliphatic rings. The van der Waals surface area contributed by atoms with Crippen LogP contribution in [0.3, 0.4) is 0 Å². The summed E-state index contributed by atoms with van der Waals surface area (Å²) in [6.45, 7) is 0.805. The number of rotatable bonds is 0. The van der Waals surface area contributed by atoms with Gasteiger partial charge in [0.05, 0.1) is 0 Å². The molecule has 0 radical (unpaired) electrons. The van der Waals surface area contributed by atoms with Crippen LogP contribution in [-0.2, 0) is 6.54 Å². The molecule has 0 atom stereocenters. The van der Waals surface area contributed by atoms with E-state index in [9.17, 15) is 4.79 Å². The first-order chi connectivity index (χ1) is 5.27. The first-order valence-corrected chi connectivity index (χ1v) is 4.20. The number of aromatic nitrogens is 3. The highest BCUT2D eigenvalue weighted by Crippen LogP contribution is 2.14. The van der Waals surface area contributed by atoms with Crippen LogP contribution in [0.25, 0.3) is 0 Å². The molecule has 0 spiro atoms. The van der Waals surface area contributed by atoms with Crippen LogP contribution in [0.5, 0.6) is 0 Å². The van der Waals surface area contributed by atoms with Crippen molar-refractivity contribution in [2.45, 2.75) is 19.4 Å². The van der Waals surface area contributed by atoms with Gasteiger partial charge in [-0.2, -0.15) is 4.98 Å². The van der Waals surface area contributed by atoms with Crippen LogP contribution >= 0.6 is 15.9 Å². The molecule has 0 amide bonds. The number of hydrogen-bond acceptors (Lipinski definition) is 3. The molecule has 58 valence electrons. The average Bonchev–Trinajstić information content (AvgIpc) is 2.31. The number of ketones is 1. The quantitative estimate of drug-likeness (QED) is 0.650. The molecule has 0 aromatic carbocycles. The molecule has 1 aromatic rings. The molecule has 0 bridgehead atoms. The lowest BCUT2D eigenvalue weighted by Gasteiger charge is -2.08. The lowest BCUT2D eigenvalue weighted by molar-refractivity contribution is 0.0946. The van der Waals surface area contributed by atoms with Gasteiger partial charge in [-0.25, -0.2) is 4.68 Å². The number of Topliss-reactive ketones (excluding diaryl/α,β-unsaturated/α-hetero) is 1. The van der Waals surface area contributed by atoms with E-state index >= 15 is 0 Å². The summed E-state index contributed by atoms with van der Waals surface area (Å²) in [5.74, 6) is 0.581. The van der Waals surface area contributed by atoms with Crippen molar-refractivity contribution in [2.24, 2.45) is 0 Å². The van der Waals surface area contributed by atoms with Crippen LogP contribution in [0.2, 0.25) is 0 Å². The van der Waals surface area contributed by atoms with Gasteiger partial charge in [0.2, 0.25) is 4.73 Å². The Morgan fingerprint density at radius 1 is 1.55 bits per heavy atom. The van der Waals surface area contributed by atoms with Crippen molar-refractivity contribution in [3.8, 4) is 0 Å². The molecular formula is C6H6BrN3O. The molecule has 1 aromatic heterocycles. The Bertz CT molecular complexity index is 307. The molecular weight excluding hydrogens is 210 g/mol. The number of fused-ring (bicyclic) bond motifs is 1. The topological polar surface area (TPSA) is 47.8 Å². The van der Waals surface area contributed by atoms with Crippen LogP contribution < -0.4 is 0 Å². The molecule has 2 rings (SSSR count). The molecule has 0 unspecified atom stereocenters. The summed E-state index contributed by atoms with van der Waals surface area (Å²) in [5, 5.41) is 4.00. The summed E-state index contributed by atoms with van der Waals surface area (Å²) in [4.78, 5) is 15.1. The summed E-state index contributed by atoms with van der Waals surface area (Å²) < 4.78 is 2.15. The fraction of sp³-hybridized carbons (Fsp3) is 0.500. The highest BCUT2D eigenvalue weighted by Gasteiger charge is 2.20. The summed E-state index contributed by atoms with van der Waals surface area (Å²) >= 11 is 3.12. The molecule has 2 heterocycles. The van der Waals surface area contributed by atoms with Gasteiger partial charge in [0, 0.05) is 13.0 Å². The third-order valence-corrected chi connectivity index (χ3v) is 2.00. The number of halogens is 1. The minimum Gasteiger partial charge on any atom is -0.291 e. The van der Waals surface area contributed by atoms with Gasteiger partial charge in [0.25, 0.3) is 0 Å². The molecule has 1 aliphatic heterocycles. The van der Waals surface area contributed by atoms with Crippen LogP contribution in [0.4, 0.5) is 0 Å². The fourth-order valence-corrected chi connectivity index (χ4v) is 1.54. The standard InChI is InChI=1S/C6H6BrN3O/c7-6-8-5-4(11)2-1-3-10(5)9-6/h1-3H2. The van der Waals surface area contributed by atoms with Crippen LogP contribution in [0.1, 0.15) is 23.5 Å². The Hall–Kier alpha value is -0.710. The van der Waals surface area contributed by atoms with Gasteiger partial charge in [-0.15, -0.1) is 5.10 Å². The maximum absolute atomic E-state index is 11.2. The second kappa shape index (κ2) is 2.41. The van der Waals surface area contributed by atoms with Gasteiger partial charge in [0.15, 0.2) is 11.6 Å². The number of nitrogens with zero attached hydrogens (tertiary/aromatic N) is 3. The van der Waals surface area contributed by atoms with Gasteiger partial charge >= 0.3 is 0 Å². The van der Waals surface area contributed by atoms with E-state index in [0.717, 1.165) is 13.0 Å². The zero-order valence-corrected chi connectivity index (χ0v) is 7.34. The first-order valence-electron chi connectivity index (χ1n) is 3.41. The number of aryl methyl sites for hydroxylation is 1. The number of hydrogen-bond donors (Lipinski definition) is 0. The lowest BCUT2D eigenvalue weighted by Crippen LogP contribution is -2.17. The first kappa shape index (κ1) is 6.97. The zero-order valence-electron chi connectivity index (χ0n) is 5.75. The van der Waals surface area contributed by atoms with E-state index in [2.05, 4.69) is 26.0 Å². The molecule has 11 heavy (non-hydrogen) atoms. The van der Waals surface area contributed by atoms with Crippen molar-refractivity contribution >= 4 is 21.7 Å². The predicted octanol–water partition coefficient (Wildman–Crippen LogP) is 1.02. The maximum atomic E-state index is 11.2. The summed E-state index contributed by atoms with van der Waals surface area (Å²) in [6.07, 6.45) is 1.48. The van der Waals surface area contributed by atoms with Gasteiger partial charge in [-0.1, -0.05) is 0 Å². The number of carbonyl (C=O) groups is 1. The van der Waals surface area contributed by atoms with E-state index < -0.39 is 0 Å². The Morgan fingerprint density at radius 3 is 3.09 bits per heavy atom. The normalized spacial score (nSPS) is 16.6. The largest absolute Gasteiger partial charge is 0.291 e. The van der Waals surface area contributed by atoms with Gasteiger partial charge in [0.1, 0.15) is 0 Å². The lowest BCUT2D eigenvalue weighted by atomic mass is 10.1. The number of carbonyl (C=O) groups excluding carboxylic acids is 1. The summed E-state index contributed by atoms with van der Waals surface area (Å²) in [5.41, 5.74) is 0. The summed E-state index contributed by atoms with van der Waals surface area (Å²) in [7, 11) is 0. The third-order valence-electron chi connectivity index (χ3n) is 1.67. The van der Waals surface area contributed by atoms with Crippen molar-refractivity contribution in [3.63, 3.8) is 0 Å². The van der Waals surface area contributed by atoms with E-state index in [0.29, 0.717) is 17.0 Å². The van der Waals surface area contributed by atoms with Crippen molar-refractivity contribution in [2.75, 3.05) is 0 Å². The molecule has 0 saturated carbocycles. The third kappa shape index (κ3) is 1.09. The zero-order chi connectivity index (χ0) is 7.84. The van der Waals surface area contributed by atoms with Gasteiger partial charge in [-0.05, 0) is 22.4 Å². The predicted molar refractivity (Wildman–Crippen MR) is 41.3 cm³/mol. The molecule has 4 nitrogen and oxygen atoms in total. The van der Waals surface area contributed by atoms with E-state index in [4.69, 9.17) is 0 Å². The van der Waals surface area contributed by atoms with Gasteiger partial charge < -0.3 is 0 Å². The van der Waals surface area contributed by atoms with Crippen molar-refractivity contribution in [1.29, 1.82) is 0 Å². The summed E-state index contributed by atoms with van der Waals surface area (Å²) in [6, 6.07) is 0. The van der Waals surface area contributed by atoms with Crippen molar-refractivity contribution < 1.29 is 4.79 Å². The van der Waals surface area contributed by atoms with Crippen molar-refractivity contribution in [1.82, 2.24) is 14.8 Å². The fourth-order valence-electron chi connectivity index (χ4n) is 1.18. The van der Waals surface area contributed by atoms with Crippen molar-refractivity contribution in [3.05, 3.63) is 10.6 Å². The minimum absolute atomic E-state index is 0.0921. The second-order valence-electron chi connectivity index (χ2n) is 2.45. The van der Waals surface area contributed by atoms with Crippen LogP contribution in [0, 0.1) is 0 Å². The maximum Gasteiger partial charge on any atom is 0.217 e. The molecule has 5 heteroatoms. The van der Waals surface area contributed by atoms with E-state index in [1.165, 1.54) is 0 Å². The average molecular weight is 216 g/mol. The molecule has 0 N–H and O–H groups in total. The molecule has 0 fully saturated rings. The Morgan fingerprint density at radius 2 is 2.36 bits per heavy atom. The SMILES string of the molecule is O=C1CCCn2nc(Br)nc21. The van der Waals surface area contributed by atoms with Crippen LogP contribution in [-0.4, -0.2) is 20.5 Å². The monoisotopic (exact) mass is 215 g/mol. The van der Waals surface area contributed by atoms with Crippen LogP contribution in [0.15, 0.2) is 4.73 Å². The smallest absolute Gasteiger partial charge is 0.217 e. The highest BCUT2D eigenvalue weighted by molar-refractivity contribution is 9.10. The Labute approximate surface area is 71.7 Å². The van der Waals surface area contributed by atoms with E-state index in [1.807, 2.05) is 0 Å². The minimum atomic E-state index is 0.0921. The van der Waals surface area contributed by atoms with E-state index in [-0.39, 0.29) is 5.78 Å². The van der Waals surface area contributed by atoms with E-state index in [1.54, 1.807) is 4.68 Å². The van der Waals surface area contributed by atoms with Gasteiger partial charge in [-0.3, -0.25) is 4.79 Å². The Kier molecular flexibility index (Phi) is 1.52. The second-order valence-corrected chi connectivity index (χ2v) is 3.16. The molecule has 0 saturated heterocycles. The Balaban J connectivity index is 2.52.